The average Bonchev–Trinajstić information content (AvgIpc) is 2.57. The molecule has 2 N–H and O–H groups in total. The van der Waals surface area contributed by atoms with Crippen LogP contribution in [0.1, 0.15) is 37.9 Å². The van der Waals surface area contributed by atoms with E-state index in [9.17, 15) is 9.90 Å². The van der Waals surface area contributed by atoms with Crippen LogP contribution in [0.3, 0.4) is 0 Å². The van der Waals surface area contributed by atoms with Crippen molar-refractivity contribution in [1.82, 2.24) is 5.32 Å². The molecule has 0 saturated heterocycles. The number of rotatable bonds is 6. The smallest absolute Gasteiger partial charge is 0.408 e. The first-order valence-electron chi connectivity index (χ1n) is 8.24. The summed E-state index contributed by atoms with van der Waals surface area (Å²) in [7, 11) is 0. The number of benzene rings is 2. The highest BCUT2D eigenvalue weighted by atomic mass is 16.6. The molecule has 0 fully saturated rings. The molecule has 5 nitrogen and oxygen atoms in total. The lowest BCUT2D eigenvalue weighted by atomic mass is 10.1. The molecule has 134 valence electrons. The number of aliphatic hydroxyl groups is 1. The zero-order valence-electron chi connectivity index (χ0n) is 14.9. The second kappa shape index (κ2) is 8.53. The number of ether oxygens (including phenoxy) is 2. The van der Waals surface area contributed by atoms with E-state index in [2.05, 4.69) is 5.32 Å². The molecule has 0 heterocycles. The van der Waals surface area contributed by atoms with E-state index in [0.29, 0.717) is 12.4 Å². The molecule has 2 aromatic carbocycles. The fourth-order valence-corrected chi connectivity index (χ4v) is 2.25. The van der Waals surface area contributed by atoms with Gasteiger partial charge in [-0.1, -0.05) is 42.5 Å². The molecular formula is C20H25NO4. The molecular weight excluding hydrogens is 318 g/mol. The van der Waals surface area contributed by atoms with Crippen LogP contribution >= 0.6 is 0 Å². The van der Waals surface area contributed by atoms with Gasteiger partial charge >= 0.3 is 6.09 Å². The number of hydrogen-bond acceptors (Lipinski definition) is 4. The second-order valence-corrected chi connectivity index (χ2v) is 6.73. The van der Waals surface area contributed by atoms with Crippen LogP contribution in [0.15, 0.2) is 54.6 Å². The monoisotopic (exact) mass is 343 g/mol. The van der Waals surface area contributed by atoms with Crippen LogP contribution in [0, 0.1) is 0 Å². The predicted octanol–water partition coefficient (Wildman–Crippen LogP) is 3.82. The Balaban J connectivity index is 2.01. The third-order valence-corrected chi connectivity index (χ3v) is 3.38. The van der Waals surface area contributed by atoms with E-state index in [0.717, 1.165) is 11.1 Å². The van der Waals surface area contributed by atoms with Gasteiger partial charge in [0.2, 0.25) is 0 Å². The molecule has 2 rings (SSSR count). The highest BCUT2D eigenvalue weighted by molar-refractivity contribution is 5.68. The van der Waals surface area contributed by atoms with Crippen LogP contribution in [0.25, 0.3) is 0 Å². The number of carbonyl (C=O) groups excluding carboxylic acids is 1. The Morgan fingerprint density at radius 3 is 2.48 bits per heavy atom. The summed E-state index contributed by atoms with van der Waals surface area (Å²) in [5, 5.41) is 12.3. The highest BCUT2D eigenvalue weighted by Crippen LogP contribution is 2.21. The molecule has 0 bridgehead atoms. The Kier molecular flexibility index (Phi) is 6.42. The summed E-state index contributed by atoms with van der Waals surface area (Å²) in [5.74, 6) is 0.672. The topological polar surface area (TPSA) is 67.8 Å². The van der Waals surface area contributed by atoms with Gasteiger partial charge in [-0.05, 0) is 44.0 Å². The Bertz CT molecular complexity index is 680. The fraction of sp³-hybridized carbons (Fsp3) is 0.350. The first-order chi connectivity index (χ1) is 11.9. The van der Waals surface area contributed by atoms with Gasteiger partial charge in [0.25, 0.3) is 0 Å². The first kappa shape index (κ1) is 18.8. The average molecular weight is 343 g/mol. The van der Waals surface area contributed by atoms with Gasteiger partial charge < -0.3 is 19.9 Å². The molecule has 0 aromatic heterocycles. The summed E-state index contributed by atoms with van der Waals surface area (Å²) < 4.78 is 11.0. The number of aliphatic hydroxyl groups excluding tert-OH is 1. The van der Waals surface area contributed by atoms with Gasteiger partial charge in [-0.2, -0.15) is 0 Å². The lowest BCUT2D eigenvalue weighted by Gasteiger charge is -2.23. The second-order valence-electron chi connectivity index (χ2n) is 6.73. The first-order valence-corrected chi connectivity index (χ1v) is 8.24. The van der Waals surface area contributed by atoms with Crippen LogP contribution in [0.5, 0.6) is 5.75 Å². The van der Waals surface area contributed by atoms with Crippen molar-refractivity contribution in [2.24, 2.45) is 0 Å². The largest absolute Gasteiger partial charge is 0.489 e. The lowest BCUT2D eigenvalue weighted by Crippen LogP contribution is -2.36. The lowest BCUT2D eigenvalue weighted by molar-refractivity contribution is 0.0481. The molecule has 5 heteroatoms. The van der Waals surface area contributed by atoms with Crippen LogP contribution in [-0.4, -0.2) is 23.4 Å². The van der Waals surface area contributed by atoms with Gasteiger partial charge in [0, 0.05) is 0 Å². The maximum Gasteiger partial charge on any atom is 0.408 e. The normalized spacial score (nSPS) is 12.3. The molecule has 2 aromatic rings. The van der Waals surface area contributed by atoms with Gasteiger partial charge in [0.05, 0.1) is 12.6 Å². The van der Waals surface area contributed by atoms with Gasteiger partial charge in [0.1, 0.15) is 18.0 Å². The summed E-state index contributed by atoms with van der Waals surface area (Å²) in [5.41, 5.74) is 1.22. The SMILES string of the molecule is CC(C)(C)OC(=O)NC(CO)c1cccc(OCc2ccccc2)c1. The number of hydrogen-bond donors (Lipinski definition) is 2. The number of alkyl carbamates (subject to hydrolysis) is 1. The minimum atomic E-state index is -0.593. The molecule has 1 atom stereocenters. The van der Waals surface area contributed by atoms with Crippen LogP contribution in [0.2, 0.25) is 0 Å². The summed E-state index contributed by atoms with van der Waals surface area (Å²) in [6, 6.07) is 16.6. The van der Waals surface area contributed by atoms with Crippen molar-refractivity contribution in [3.05, 3.63) is 65.7 Å². The Hall–Kier alpha value is -2.53. The van der Waals surface area contributed by atoms with Gasteiger partial charge in [0.15, 0.2) is 0 Å². The Labute approximate surface area is 148 Å². The van der Waals surface area contributed by atoms with E-state index < -0.39 is 17.7 Å². The van der Waals surface area contributed by atoms with E-state index in [4.69, 9.17) is 9.47 Å². The maximum absolute atomic E-state index is 11.9. The molecule has 0 aliphatic rings. The van der Waals surface area contributed by atoms with Gasteiger partial charge in [-0.25, -0.2) is 4.79 Å². The standard InChI is InChI=1S/C20H25NO4/c1-20(2,3)25-19(23)21-18(13-22)16-10-7-11-17(12-16)24-14-15-8-5-4-6-9-15/h4-12,18,22H,13-14H2,1-3H3,(H,21,23). The van der Waals surface area contributed by atoms with Crippen molar-refractivity contribution >= 4 is 6.09 Å². The number of amides is 1. The summed E-state index contributed by atoms with van der Waals surface area (Å²) in [6.07, 6.45) is -0.567. The molecule has 25 heavy (non-hydrogen) atoms. The van der Waals surface area contributed by atoms with Crippen molar-refractivity contribution in [1.29, 1.82) is 0 Å². The third-order valence-electron chi connectivity index (χ3n) is 3.38. The molecule has 0 saturated carbocycles. The fourth-order valence-electron chi connectivity index (χ4n) is 2.25. The van der Waals surface area contributed by atoms with E-state index in [-0.39, 0.29) is 6.61 Å². The zero-order chi connectivity index (χ0) is 18.3. The molecule has 1 unspecified atom stereocenters. The Morgan fingerprint density at radius 2 is 1.84 bits per heavy atom. The summed E-state index contributed by atoms with van der Waals surface area (Å²) in [6.45, 7) is 5.59. The van der Waals surface area contributed by atoms with E-state index in [1.165, 1.54) is 0 Å². The van der Waals surface area contributed by atoms with Crippen molar-refractivity contribution in [2.75, 3.05) is 6.61 Å². The van der Waals surface area contributed by atoms with E-state index in [1.807, 2.05) is 48.5 Å². The Morgan fingerprint density at radius 1 is 1.12 bits per heavy atom. The quantitative estimate of drug-likeness (QED) is 0.836. The van der Waals surface area contributed by atoms with Gasteiger partial charge in [-0.15, -0.1) is 0 Å². The van der Waals surface area contributed by atoms with Crippen molar-refractivity contribution in [3.63, 3.8) is 0 Å². The van der Waals surface area contributed by atoms with Crippen LogP contribution < -0.4 is 10.1 Å². The van der Waals surface area contributed by atoms with Crippen molar-refractivity contribution < 1.29 is 19.4 Å². The predicted molar refractivity (Wildman–Crippen MR) is 96.4 cm³/mol. The number of carbonyl (C=O) groups is 1. The zero-order valence-corrected chi connectivity index (χ0v) is 14.9. The van der Waals surface area contributed by atoms with Crippen molar-refractivity contribution in [2.45, 2.75) is 39.0 Å². The highest BCUT2D eigenvalue weighted by Gasteiger charge is 2.20. The van der Waals surface area contributed by atoms with Crippen LogP contribution in [0.4, 0.5) is 4.79 Å². The van der Waals surface area contributed by atoms with Crippen molar-refractivity contribution in [3.8, 4) is 5.75 Å². The number of nitrogens with one attached hydrogen (secondary N) is 1. The maximum atomic E-state index is 11.9. The minimum absolute atomic E-state index is 0.235. The van der Waals surface area contributed by atoms with E-state index in [1.54, 1.807) is 26.8 Å². The minimum Gasteiger partial charge on any atom is -0.489 e. The molecule has 0 radical (unpaired) electrons. The third kappa shape index (κ3) is 6.47. The van der Waals surface area contributed by atoms with E-state index >= 15 is 0 Å². The van der Waals surface area contributed by atoms with Crippen LogP contribution in [-0.2, 0) is 11.3 Å². The van der Waals surface area contributed by atoms with Gasteiger partial charge in [-0.3, -0.25) is 0 Å². The molecule has 0 aliphatic carbocycles. The molecule has 0 aliphatic heterocycles. The molecule has 0 spiro atoms. The molecule has 1 amide bonds. The summed E-state index contributed by atoms with van der Waals surface area (Å²) >= 11 is 0. The summed E-state index contributed by atoms with van der Waals surface area (Å²) in [4.78, 5) is 11.9.